The lowest BCUT2D eigenvalue weighted by atomic mass is 10.2. The molecule has 0 spiro atoms. The number of nitrogens with zero attached hydrogens (tertiary/aromatic N) is 3. The van der Waals surface area contributed by atoms with Gasteiger partial charge in [0, 0.05) is 30.7 Å². The van der Waals surface area contributed by atoms with E-state index < -0.39 is 4.92 Å². The molecular formula is C13H13N3O4. The molecule has 1 fully saturated rings. The Morgan fingerprint density at radius 2 is 2.15 bits per heavy atom. The lowest BCUT2D eigenvalue weighted by Gasteiger charge is -2.03. The molecule has 2 heterocycles. The van der Waals surface area contributed by atoms with E-state index in [1.165, 1.54) is 12.1 Å². The fourth-order valence-corrected chi connectivity index (χ4v) is 2.19. The quantitative estimate of drug-likeness (QED) is 0.628. The van der Waals surface area contributed by atoms with Crippen LogP contribution in [-0.2, 0) is 11.2 Å². The van der Waals surface area contributed by atoms with E-state index in [-0.39, 0.29) is 11.8 Å². The highest BCUT2D eigenvalue weighted by atomic mass is 16.6. The predicted octanol–water partition coefficient (Wildman–Crippen LogP) is 2.37. The maximum absolute atomic E-state index is 10.6. The minimum atomic E-state index is -0.444. The third-order valence-corrected chi connectivity index (χ3v) is 3.23. The molecule has 7 nitrogen and oxygen atoms in total. The standard InChI is InChI=1S/C13H13N3O4/c17-16(18)10-5-3-9(4-6-10)13-14-12(15-20-13)8-11-2-1-7-19-11/h3-6,11H,1-2,7-8H2. The third-order valence-electron chi connectivity index (χ3n) is 3.23. The van der Waals surface area contributed by atoms with Crippen molar-refractivity contribution in [1.82, 2.24) is 10.1 Å². The van der Waals surface area contributed by atoms with Crippen molar-refractivity contribution in [3.05, 3.63) is 40.2 Å². The van der Waals surface area contributed by atoms with Gasteiger partial charge in [-0.25, -0.2) is 0 Å². The summed E-state index contributed by atoms with van der Waals surface area (Å²) in [6, 6.07) is 6.03. The molecule has 104 valence electrons. The van der Waals surface area contributed by atoms with Gasteiger partial charge in [-0.3, -0.25) is 10.1 Å². The second-order valence-corrected chi connectivity index (χ2v) is 4.66. The fourth-order valence-electron chi connectivity index (χ4n) is 2.19. The first-order valence-electron chi connectivity index (χ1n) is 6.41. The number of nitro groups is 1. The van der Waals surface area contributed by atoms with Gasteiger partial charge in [0.25, 0.3) is 11.6 Å². The fraction of sp³-hybridized carbons (Fsp3) is 0.385. The zero-order valence-electron chi connectivity index (χ0n) is 10.7. The third kappa shape index (κ3) is 2.67. The Morgan fingerprint density at radius 3 is 2.80 bits per heavy atom. The Kier molecular flexibility index (Phi) is 3.42. The number of aromatic nitrogens is 2. The second-order valence-electron chi connectivity index (χ2n) is 4.66. The number of nitro benzene ring substituents is 1. The monoisotopic (exact) mass is 275 g/mol. The van der Waals surface area contributed by atoms with Crippen molar-refractivity contribution in [3.8, 4) is 11.5 Å². The molecule has 0 aliphatic carbocycles. The van der Waals surface area contributed by atoms with Crippen LogP contribution in [0.5, 0.6) is 0 Å². The summed E-state index contributed by atoms with van der Waals surface area (Å²) in [5.41, 5.74) is 0.703. The van der Waals surface area contributed by atoms with Gasteiger partial charge in [-0.1, -0.05) is 5.16 Å². The zero-order valence-corrected chi connectivity index (χ0v) is 10.7. The van der Waals surface area contributed by atoms with E-state index in [0.717, 1.165) is 19.4 Å². The lowest BCUT2D eigenvalue weighted by Crippen LogP contribution is -2.09. The number of rotatable bonds is 4. The molecular weight excluding hydrogens is 262 g/mol. The van der Waals surface area contributed by atoms with Crippen LogP contribution in [0.25, 0.3) is 11.5 Å². The molecule has 3 rings (SSSR count). The van der Waals surface area contributed by atoms with Crippen molar-refractivity contribution in [2.45, 2.75) is 25.4 Å². The smallest absolute Gasteiger partial charge is 0.269 e. The minimum absolute atomic E-state index is 0.0350. The summed E-state index contributed by atoms with van der Waals surface area (Å²) in [7, 11) is 0. The van der Waals surface area contributed by atoms with Gasteiger partial charge in [0.15, 0.2) is 5.82 Å². The Morgan fingerprint density at radius 1 is 1.35 bits per heavy atom. The Bertz CT molecular complexity index is 602. The van der Waals surface area contributed by atoms with Crippen LogP contribution in [0.4, 0.5) is 5.69 Å². The summed E-state index contributed by atoms with van der Waals surface area (Å²) >= 11 is 0. The van der Waals surface area contributed by atoms with Crippen molar-refractivity contribution < 1.29 is 14.2 Å². The zero-order chi connectivity index (χ0) is 13.9. The minimum Gasteiger partial charge on any atom is -0.378 e. The normalized spacial score (nSPS) is 18.3. The predicted molar refractivity (Wildman–Crippen MR) is 69.1 cm³/mol. The van der Waals surface area contributed by atoms with Crippen molar-refractivity contribution in [2.75, 3.05) is 6.61 Å². The van der Waals surface area contributed by atoms with Gasteiger partial charge < -0.3 is 9.26 Å². The van der Waals surface area contributed by atoms with Crippen molar-refractivity contribution >= 4 is 5.69 Å². The molecule has 1 atom stereocenters. The van der Waals surface area contributed by atoms with Crippen LogP contribution < -0.4 is 0 Å². The van der Waals surface area contributed by atoms with Crippen molar-refractivity contribution in [2.24, 2.45) is 0 Å². The van der Waals surface area contributed by atoms with E-state index in [0.29, 0.717) is 23.7 Å². The molecule has 1 saturated heterocycles. The van der Waals surface area contributed by atoms with Crippen molar-refractivity contribution in [1.29, 1.82) is 0 Å². The lowest BCUT2D eigenvalue weighted by molar-refractivity contribution is -0.384. The van der Waals surface area contributed by atoms with Gasteiger partial charge in [0.2, 0.25) is 0 Å². The van der Waals surface area contributed by atoms with E-state index >= 15 is 0 Å². The van der Waals surface area contributed by atoms with E-state index in [1.54, 1.807) is 12.1 Å². The molecule has 0 N–H and O–H groups in total. The first kappa shape index (κ1) is 12.7. The summed E-state index contributed by atoms with van der Waals surface area (Å²) in [4.78, 5) is 14.4. The van der Waals surface area contributed by atoms with Gasteiger partial charge in [-0.15, -0.1) is 0 Å². The first-order valence-corrected chi connectivity index (χ1v) is 6.41. The van der Waals surface area contributed by atoms with Crippen LogP contribution >= 0.6 is 0 Å². The van der Waals surface area contributed by atoms with Crippen LogP contribution in [0.2, 0.25) is 0 Å². The summed E-state index contributed by atoms with van der Waals surface area (Å²) < 4.78 is 10.7. The van der Waals surface area contributed by atoms with E-state index in [1.807, 2.05) is 0 Å². The molecule has 1 aromatic carbocycles. The first-order chi connectivity index (χ1) is 9.72. The number of ether oxygens (including phenoxy) is 1. The molecule has 20 heavy (non-hydrogen) atoms. The number of benzene rings is 1. The molecule has 1 unspecified atom stereocenters. The molecule has 2 aromatic rings. The second kappa shape index (κ2) is 5.38. The molecule has 1 aliphatic rings. The maximum Gasteiger partial charge on any atom is 0.269 e. The van der Waals surface area contributed by atoms with E-state index in [9.17, 15) is 10.1 Å². The average molecular weight is 275 g/mol. The van der Waals surface area contributed by atoms with Gasteiger partial charge in [-0.2, -0.15) is 4.98 Å². The molecule has 0 amide bonds. The largest absolute Gasteiger partial charge is 0.378 e. The van der Waals surface area contributed by atoms with Crippen LogP contribution in [0.3, 0.4) is 0 Å². The van der Waals surface area contributed by atoms with Crippen LogP contribution in [0.1, 0.15) is 18.7 Å². The molecule has 0 radical (unpaired) electrons. The van der Waals surface area contributed by atoms with E-state index in [4.69, 9.17) is 9.26 Å². The maximum atomic E-state index is 10.6. The van der Waals surface area contributed by atoms with Crippen LogP contribution in [0.15, 0.2) is 28.8 Å². The van der Waals surface area contributed by atoms with Gasteiger partial charge in [0.05, 0.1) is 11.0 Å². The van der Waals surface area contributed by atoms with Gasteiger partial charge in [-0.05, 0) is 25.0 Å². The molecule has 7 heteroatoms. The Hall–Kier alpha value is -2.28. The Balaban J connectivity index is 1.73. The average Bonchev–Trinajstić information content (AvgIpc) is 3.11. The highest BCUT2D eigenvalue weighted by Gasteiger charge is 2.19. The molecule has 1 aromatic heterocycles. The molecule has 0 saturated carbocycles. The highest BCUT2D eigenvalue weighted by Crippen LogP contribution is 2.22. The summed E-state index contributed by atoms with van der Waals surface area (Å²) in [6.07, 6.45) is 2.88. The SMILES string of the molecule is O=[N+]([O-])c1ccc(-c2nc(CC3CCCO3)no2)cc1. The number of non-ortho nitro benzene ring substituents is 1. The summed E-state index contributed by atoms with van der Waals surface area (Å²) in [5.74, 6) is 0.971. The number of hydrogen-bond donors (Lipinski definition) is 0. The van der Waals surface area contributed by atoms with Crippen LogP contribution in [0, 0.1) is 10.1 Å². The van der Waals surface area contributed by atoms with E-state index in [2.05, 4.69) is 10.1 Å². The number of hydrogen-bond acceptors (Lipinski definition) is 6. The molecule has 1 aliphatic heterocycles. The molecule has 0 bridgehead atoms. The van der Waals surface area contributed by atoms with Gasteiger partial charge in [0.1, 0.15) is 0 Å². The summed E-state index contributed by atoms with van der Waals surface area (Å²) in [6.45, 7) is 0.789. The van der Waals surface area contributed by atoms with Crippen molar-refractivity contribution in [3.63, 3.8) is 0 Å². The Labute approximate surface area is 114 Å². The highest BCUT2D eigenvalue weighted by molar-refractivity contribution is 5.55. The van der Waals surface area contributed by atoms with Crippen LogP contribution in [-0.4, -0.2) is 27.8 Å². The summed E-state index contributed by atoms with van der Waals surface area (Å²) in [5, 5.41) is 14.5. The van der Waals surface area contributed by atoms with Gasteiger partial charge >= 0.3 is 0 Å². The topological polar surface area (TPSA) is 91.3 Å².